The first kappa shape index (κ1) is 7.07. The molecular formula is C7H9NO2. The molecule has 0 aliphatic heterocycles. The Labute approximate surface area is 59.6 Å². The van der Waals surface area contributed by atoms with Crippen LogP contribution in [0.5, 0.6) is 0 Å². The number of esters is 1. The topological polar surface area (TPSA) is 50.1 Å². The highest BCUT2D eigenvalue weighted by molar-refractivity contribution is 5.80. The van der Waals surface area contributed by atoms with Gasteiger partial charge in [0.1, 0.15) is 0 Å². The van der Waals surface area contributed by atoms with Gasteiger partial charge in [-0.15, -0.1) is 0 Å². The lowest BCUT2D eigenvalue weighted by atomic mass is 10.1. The summed E-state index contributed by atoms with van der Waals surface area (Å²) in [5.41, 5.74) is -0.497. The monoisotopic (exact) mass is 139 g/mol. The molecule has 54 valence electrons. The van der Waals surface area contributed by atoms with Crippen LogP contribution in [0.4, 0.5) is 0 Å². The summed E-state index contributed by atoms with van der Waals surface area (Å²) < 4.78 is 4.52. The molecule has 0 aromatic heterocycles. The summed E-state index contributed by atoms with van der Waals surface area (Å²) in [6.45, 7) is 1.76. The summed E-state index contributed by atoms with van der Waals surface area (Å²) >= 11 is 0. The molecule has 10 heavy (non-hydrogen) atoms. The molecular weight excluding hydrogens is 130 g/mol. The number of methoxy groups -OCH3 is 1. The highest BCUT2D eigenvalue weighted by atomic mass is 16.5. The molecule has 0 bridgehead atoms. The number of nitrogens with zero attached hydrogens (tertiary/aromatic N) is 1. The summed E-state index contributed by atoms with van der Waals surface area (Å²) in [6, 6.07) is 2.04. The van der Waals surface area contributed by atoms with Gasteiger partial charge in [-0.25, -0.2) is 0 Å². The van der Waals surface area contributed by atoms with Crippen LogP contribution in [0.25, 0.3) is 0 Å². The van der Waals surface area contributed by atoms with Crippen molar-refractivity contribution in [1.29, 1.82) is 5.26 Å². The lowest BCUT2D eigenvalue weighted by Crippen LogP contribution is -2.15. The molecule has 0 aromatic carbocycles. The van der Waals surface area contributed by atoms with E-state index in [1.165, 1.54) is 7.11 Å². The molecule has 3 nitrogen and oxygen atoms in total. The van der Waals surface area contributed by atoms with E-state index in [0.29, 0.717) is 6.42 Å². The van der Waals surface area contributed by atoms with Crippen LogP contribution in [0, 0.1) is 22.7 Å². The van der Waals surface area contributed by atoms with Gasteiger partial charge in [-0.3, -0.25) is 4.79 Å². The third kappa shape index (κ3) is 0.766. The van der Waals surface area contributed by atoms with Crippen molar-refractivity contribution in [3.05, 3.63) is 0 Å². The molecule has 0 aromatic rings. The first-order valence-electron chi connectivity index (χ1n) is 3.13. The Balaban J connectivity index is 2.60. The second kappa shape index (κ2) is 1.98. The molecule has 1 aliphatic carbocycles. The fourth-order valence-electron chi connectivity index (χ4n) is 1.01. The van der Waals surface area contributed by atoms with E-state index in [0.717, 1.165) is 0 Å². The van der Waals surface area contributed by atoms with Gasteiger partial charge in [-0.2, -0.15) is 5.26 Å². The van der Waals surface area contributed by atoms with Crippen LogP contribution in [0.1, 0.15) is 13.3 Å². The van der Waals surface area contributed by atoms with Crippen molar-refractivity contribution in [2.45, 2.75) is 13.3 Å². The minimum absolute atomic E-state index is 0.125. The van der Waals surface area contributed by atoms with Gasteiger partial charge in [0.25, 0.3) is 0 Å². The molecule has 1 aliphatic rings. The number of rotatable bonds is 1. The Morgan fingerprint density at radius 2 is 2.50 bits per heavy atom. The Bertz CT molecular complexity index is 206. The van der Waals surface area contributed by atoms with E-state index >= 15 is 0 Å². The van der Waals surface area contributed by atoms with Crippen LogP contribution in [-0.4, -0.2) is 13.1 Å². The van der Waals surface area contributed by atoms with E-state index in [1.54, 1.807) is 6.92 Å². The maximum absolute atomic E-state index is 10.9. The molecule has 0 radical (unpaired) electrons. The van der Waals surface area contributed by atoms with Crippen LogP contribution in [0.3, 0.4) is 0 Å². The SMILES string of the molecule is COC(=O)C1(C)CC1C#N. The van der Waals surface area contributed by atoms with Crippen LogP contribution >= 0.6 is 0 Å². The third-order valence-electron chi connectivity index (χ3n) is 2.04. The second-order valence-electron chi connectivity index (χ2n) is 2.79. The maximum atomic E-state index is 10.9. The van der Waals surface area contributed by atoms with Crippen molar-refractivity contribution in [1.82, 2.24) is 0 Å². The molecule has 3 heteroatoms. The molecule has 0 N–H and O–H groups in total. The summed E-state index contributed by atoms with van der Waals surface area (Å²) in [5.74, 6) is -0.390. The highest BCUT2D eigenvalue weighted by Gasteiger charge is 2.57. The number of hydrogen-bond acceptors (Lipinski definition) is 3. The molecule has 0 spiro atoms. The van der Waals surface area contributed by atoms with Crippen molar-refractivity contribution >= 4 is 5.97 Å². The minimum Gasteiger partial charge on any atom is -0.469 e. The largest absolute Gasteiger partial charge is 0.469 e. The van der Waals surface area contributed by atoms with E-state index in [4.69, 9.17) is 5.26 Å². The number of carbonyl (C=O) groups excluding carboxylic acids is 1. The molecule has 2 atom stereocenters. The van der Waals surface area contributed by atoms with Gasteiger partial charge in [0.05, 0.1) is 24.5 Å². The average molecular weight is 139 g/mol. The summed E-state index contributed by atoms with van der Waals surface area (Å²) in [4.78, 5) is 10.9. The predicted molar refractivity (Wildman–Crippen MR) is 33.8 cm³/mol. The van der Waals surface area contributed by atoms with Crippen LogP contribution in [-0.2, 0) is 9.53 Å². The molecule has 0 saturated heterocycles. The fourth-order valence-corrected chi connectivity index (χ4v) is 1.01. The number of carbonyl (C=O) groups is 1. The van der Waals surface area contributed by atoms with Crippen LogP contribution < -0.4 is 0 Å². The summed E-state index contributed by atoms with van der Waals surface area (Å²) in [6.07, 6.45) is 0.649. The minimum atomic E-state index is -0.497. The smallest absolute Gasteiger partial charge is 0.312 e. The number of ether oxygens (including phenoxy) is 1. The van der Waals surface area contributed by atoms with Gasteiger partial charge >= 0.3 is 5.97 Å². The van der Waals surface area contributed by atoms with Gasteiger partial charge in [0, 0.05) is 0 Å². The number of nitriles is 1. The molecule has 0 heterocycles. The number of hydrogen-bond donors (Lipinski definition) is 0. The van der Waals surface area contributed by atoms with E-state index < -0.39 is 5.41 Å². The zero-order valence-corrected chi connectivity index (χ0v) is 6.05. The lowest BCUT2D eigenvalue weighted by Gasteiger charge is -2.03. The van der Waals surface area contributed by atoms with Gasteiger partial charge in [-0.05, 0) is 13.3 Å². The summed E-state index contributed by atoms with van der Waals surface area (Å²) in [7, 11) is 1.35. The van der Waals surface area contributed by atoms with Crippen molar-refractivity contribution in [2.24, 2.45) is 11.3 Å². The van der Waals surface area contributed by atoms with Crippen molar-refractivity contribution < 1.29 is 9.53 Å². The van der Waals surface area contributed by atoms with E-state index in [-0.39, 0.29) is 11.9 Å². The lowest BCUT2D eigenvalue weighted by molar-refractivity contribution is -0.146. The first-order valence-corrected chi connectivity index (χ1v) is 3.13. The maximum Gasteiger partial charge on any atom is 0.312 e. The zero-order chi connectivity index (χ0) is 7.78. The molecule has 1 fully saturated rings. The van der Waals surface area contributed by atoms with Gasteiger partial charge in [0.2, 0.25) is 0 Å². The summed E-state index contributed by atoms with van der Waals surface area (Å²) in [5, 5.41) is 8.43. The predicted octanol–water partition coefficient (Wildman–Crippen LogP) is 0.709. The van der Waals surface area contributed by atoms with Crippen LogP contribution in [0.15, 0.2) is 0 Å². The zero-order valence-electron chi connectivity index (χ0n) is 6.05. The Morgan fingerprint density at radius 1 is 1.90 bits per heavy atom. The Kier molecular flexibility index (Phi) is 1.40. The first-order chi connectivity index (χ1) is 4.65. The third-order valence-corrected chi connectivity index (χ3v) is 2.04. The second-order valence-corrected chi connectivity index (χ2v) is 2.79. The quantitative estimate of drug-likeness (QED) is 0.502. The average Bonchev–Trinajstić information content (AvgIpc) is 2.61. The van der Waals surface area contributed by atoms with E-state index in [1.807, 2.05) is 6.07 Å². The van der Waals surface area contributed by atoms with Crippen molar-refractivity contribution in [3.63, 3.8) is 0 Å². The van der Waals surface area contributed by atoms with Gasteiger partial charge < -0.3 is 4.74 Å². The van der Waals surface area contributed by atoms with E-state index in [2.05, 4.69) is 4.74 Å². The van der Waals surface area contributed by atoms with E-state index in [9.17, 15) is 4.79 Å². The Hall–Kier alpha value is -1.04. The fraction of sp³-hybridized carbons (Fsp3) is 0.714. The Morgan fingerprint density at radius 3 is 2.80 bits per heavy atom. The standard InChI is InChI=1S/C7H9NO2/c1-7(6(9)10-2)3-5(7)4-8/h5H,3H2,1-2H3. The normalized spacial score (nSPS) is 36.3. The van der Waals surface area contributed by atoms with Gasteiger partial charge in [-0.1, -0.05) is 0 Å². The molecule has 1 saturated carbocycles. The molecule has 2 unspecified atom stereocenters. The molecule has 1 rings (SSSR count). The van der Waals surface area contributed by atoms with Crippen LogP contribution in [0.2, 0.25) is 0 Å². The van der Waals surface area contributed by atoms with Crippen molar-refractivity contribution in [2.75, 3.05) is 7.11 Å². The van der Waals surface area contributed by atoms with Gasteiger partial charge in [0.15, 0.2) is 0 Å². The molecule has 0 amide bonds. The van der Waals surface area contributed by atoms with Crippen molar-refractivity contribution in [3.8, 4) is 6.07 Å². The highest BCUT2D eigenvalue weighted by Crippen LogP contribution is 2.52.